The molecule has 19 nitrogen and oxygen atoms in total. The number of unbranched alkanes of at least 4 members (excludes halogenated alkanes) is 1. The zero-order chi connectivity index (χ0) is 48.6. The third-order valence-corrected chi connectivity index (χ3v) is 11.0. The van der Waals surface area contributed by atoms with E-state index in [-0.39, 0.29) is 31.4 Å². The van der Waals surface area contributed by atoms with Gasteiger partial charge in [0.1, 0.15) is 36.0 Å². The minimum Gasteiger partial charge on any atom is -0.508 e. The number of aliphatic carboxylic acids is 2. The summed E-state index contributed by atoms with van der Waals surface area (Å²) in [5.74, 6) is -7.86. The van der Waals surface area contributed by atoms with Crippen LogP contribution in [0.4, 0.5) is 0 Å². The smallest absolute Gasteiger partial charge is 0.326 e. The number of carboxylic acid groups (broad SMARTS) is 2. The molecule has 0 saturated heterocycles. The number of nitrogens with two attached hydrogens (primary N) is 1. The fraction of sp³-hybridized carbons (Fsp3) is 0.333. The normalized spacial score (nSPS) is 13.8. The second kappa shape index (κ2) is 23.9. The van der Waals surface area contributed by atoms with Gasteiger partial charge >= 0.3 is 11.9 Å². The lowest BCUT2D eigenvalue weighted by Gasteiger charge is -2.26. The molecule has 0 radical (unpaired) electrons. The average Bonchev–Trinajstić information content (AvgIpc) is 3.71. The lowest BCUT2D eigenvalue weighted by Crippen LogP contribution is -2.59. The Balaban J connectivity index is 1.32. The van der Waals surface area contributed by atoms with Crippen LogP contribution in [0.15, 0.2) is 97.2 Å². The van der Waals surface area contributed by atoms with E-state index in [1.54, 1.807) is 42.6 Å². The van der Waals surface area contributed by atoms with Gasteiger partial charge in [-0.2, -0.15) is 0 Å². The minimum absolute atomic E-state index is 0.00532. The van der Waals surface area contributed by atoms with Crippen LogP contribution < -0.4 is 37.6 Å². The van der Waals surface area contributed by atoms with Crippen molar-refractivity contribution < 1.29 is 53.7 Å². The van der Waals surface area contributed by atoms with Crippen molar-refractivity contribution in [2.75, 3.05) is 6.54 Å². The second-order valence-electron chi connectivity index (χ2n) is 16.2. The Labute approximate surface area is 385 Å². The number of phenols is 1. The highest BCUT2D eigenvalue weighted by molar-refractivity contribution is 5.98. The Morgan fingerprint density at radius 1 is 0.612 bits per heavy atom. The van der Waals surface area contributed by atoms with Crippen molar-refractivity contribution in [2.45, 2.75) is 95.0 Å². The Hall–Kier alpha value is -7.80. The molecule has 1 aromatic heterocycles. The molecule has 5 aromatic rings. The average molecular weight is 921 g/mol. The summed E-state index contributed by atoms with van der Waals surface area (Å²) in [5, 5.41) is 47.0. The summed E-state index contributed by atoms with van der Waals surface area (Å²) in [6, 6.07) is 17.7. The molecule has 6 amide bonds. The van der Waals surface area contributed by atoms with Crippen molar-refractivity contribution in [3.8, 4) is 5.75 Å². The monoisotopic (exact) mass is 920 g/mol. The summed E-state index contributed by atoms with van der Waals surface area (Å²) in [7, 11) is 0. The van der Waals surface area contributed by atoms with E-state index in [1.807, 2.05) is 49.4 Å². The molecule has 5 rings (SSSR count). The molecule has 67 heavy (non-hydrogen) atoms. The maximum Gasteiger partial charge on any atom is 0.326 e. The minimum atomic E-state index is -1.75. The molecule has 0 saturated carbocycles. The van der Waals surface area contributed by atoms with E-state index in [9.17, 15) is 53.7 Å². The number of amides is 6. The maximum atomic E-state index is 14.2. The highest BCUT2D eigenvalue weighted by Crippen LogP contribution is 2.21. The zero-order valence-corrected chi connectivity index (χ0v) is 37.0. The van der Waals surface area contributed by atoms with Gasteiger partial charge in [0.2, 0.25) is 35.4 Å². The van der Waals surface area contributed by atoms with Gasteiger partial charge in [-0.15, -0.1) is 0 Å². The molecule has 4 aromatic carbocycles. The predicted molar refractivity (Wildman–Crippen MR) is 247 cm³/mol. The van der Waals surface area contributed by atoms with E-state index in [2.05, 4.69) is 36.9 Å². The van der Waals surface area contributed by atoms with Crippen LogP contribution in [0.3, 0.4) is 0 Å². The third kappa shape index (κ3) is 14.6. The molecule has 0 bridgehead atoms. The molecule has 19 heteroatoms. The largest absolute Gasteiger partial charge is 0.508 e. The van der Waals surface area contributed by atoms with Gasteiger partial charge in [-0.05, 0) is 59.0 Å². The number of rotatable bonds is 24. The lowest BCUT2D eigenvalue weighted by atomic mass is 9.98. The fourth-order valence-corrected chi connectivity index (χ4v) is 7.41. The summed E-state index contributed by atoms with van der Waals surface area (Å²) < 4.78 is 0. The van der Waals surface area contributed by atoms with E-state index in [4.69, 9.17) is 5.73 Å². The van der Waals surface area contributed by atoms with Gasteiger partial charge in [0, 0.05) is 36.4 Å². The molecule has 6 atom stereocenters. The van der Waals surface area contributed by atoms with Crippen molar-refractivity contribution >= 4 is 69.1 Å². The van der Waals surface area contributed by atoms with Crippen LogP contribution in [-0.2, 0) is 57.6 Å². The van der Waals surface area contributed by atoms with Crippen LogP contribution in [0.5, 0.6) is 5.75 Å². The summed E-state index contributed by atoms with van der Waals surface area (Å²) in [6.07, 6.45) is 1.49. The van der Waals surface area contributed by atoms with Crippen molar-refractivity contribution in [3.63, 3.8) is 0 Å². The number of nitrogens with one attached hydrogen (secondary N) is 7. The first-order chi connectivity index (χ1) is 32.0. The number of para-hydroxylation sites is 1. The molecule has 0 aliphatic rings. The van der Waals surface area contributed by atoms with Gasteiger partial charge in [0.05, 0.1) is 19.0 Å². The molecular formula is C48H56N8O11. The first kappa shape index (κ1) is 50.2. The SMILES string of the molecule is CCCC[C@H](NC(=O)[C@H](Cc1c[nH]c2ccccc12)NC(=O)CNC(=O)[C@H](Cc1ccc(O)cc1)NC(=O)[C@H](C)N)C(=O)N[C@@H](CC(=O)O)C(=O)N[C@@H](Cc1cccc2ccccc12)C(=O)O. The van der Waals surface area contributed by atoms with E-state index in [0.717, 1.165) is 21.7 Å². The summed E-state index contributed by atoms with van der Waals surface area (Å²) in [5.41, 5.74) is 8.29. The molecule has 0 unspecified atom stereocenters. The van der Waals surface area contributed by atoms with Gasteiger partial charge in [0.15, 0.2) is 0 Å². The molecule has 354 valence electrons. The number of hydrogen-bond acceptors (Lipinski definition) is 10. The standard InChI is InChI=1S/C48H56N8O11/c1-3-4-15-36(45(63)55-39(24-42(59)60)47(65)56-40(48(66)67)22-30-12-9-11-29-10-5-6-13-33(29)30)53-46(64)38(23-31-25-50-35-16-8-7-14-34(31)35)52-41(58)26-51-44(62)37(54-43(61)27(2)49)21-28-17-19-32(57)20-18-28/h5-14,16-20,25,27,36-40,50,57H,3-4,15,21-24,26,49H2,1-2H3,(H,51,62)(H,52,58)(H,53,64)(H,54,61)(H,55,63)(H,56,65)(H,59,60)(H,66,67)/t27-,36-,37-,38-,39-,40-/m0/s1. The van der Waals surface area contributed by atoms with Crippen molar-refractivity contribution in [1.82, 2.24) is 36.9 Å². The Bertz CT molecular complexity index is 2570. The van der Waals surface area contributed by atoms with Crippen LogP contribution >= 0.6 is 0 Å². The summed E-state index contributed by atoms with van der Waals surface area (Å²) in [6.45, 7) is 2.63. The number of benzene rings is 4. The van der Waals surface area contributed by atoms with Crippen LogP contribution in [0.1, 0.15) is 56.2 Å². The summed E-state index contributed by atoms with van der Waals surface area (Å²) >= 11 is 0. The van der Waals surface area contributed by atoms with E-state index >= 15 is 0 Å². The van der Waals surface area contributed by atoms with Gasteiger partial charge in [-0.1, -0.05) is 92.6 Å². The Morgan fingerprint density at radius 3 is 1.88 bits per heavy atom. The van der Waals surface area contributed by atoms with Crippen LogP contribution in [0, 0.1) is 0 Å². The van der Waals surface area contributed by atoms with Gasteiger partial charge in [0.25, 0.3) is 0 Å². The van der Waals surface area contributed by atoms with Crippen LogP contribution in [0.25, 0.3) is 21.7 Å². The Morgan fingerprint density at radius 2 is 1.19 bits per heavy atom. The zero-order valence-electron chi connectivity index (χ0n) is 37.0. The number of aromatic nitrogens is 1. The van der Waals surface area contributed by atoms with E-state index < -0.39 is 96.6 Å². The third-order valence-electron chi connectivity index (χ3n) is 11.0. The summed E-state index contributed by atoms with van der Waals surface area (Å²) in [4.78, 5) is 109. The number of H-pyrrole nitrogens is 1. The van der Waals surface area contributed by atoms with Crippen molar-refractivity contribution in [2.24, 2.45) is 5.73 Å². The van der Waals surface area contributed by atoms with Crippen molar-refractivity contribution in [3.05, 3.63) is 114 Å². The fourth-order valence-electron chi connectivity index (χ4n) is 7.41. The highest BCUT2D eigenvalue weighted by atomic mass is 16.4. The number of phenolic OH excluding ortho intramolecular Hbond substituents is 1. The van der Waals surface area contributed by atoms with Crippen molar-refractivity contribution in [1.29, 1.82) is 0 Å². The Kier molecular flexibility index (Phi) is 17.9. The number of carbonyl (C=O) groups excluding carboxylic acids is 6. The molecule has 1 heterocycles. The van der Waals surface area contributed by atoms with E-state index in [0.29, 0.717) is 29.5 Å². The topological polar surface area (TPSA) is 311 Å². The van der Waals surface area contributed by atoms with Gasteiger partial charge < -0.3 is 57.9 Å². The number of carbonyl (C=O) groups is 8. The number of aromatic hydroxyl groups is 1. The number of fused-ring (bicyclic) bond motifs is 2. The maximum absolute atomic E-state index is 14.2. The molecule has 0 spiro atoms. The quantitative estimate of drug-likeness (QED) is 0.0422. The molecular weight excluding hydrogens is 865 g/mol. The van der Waals surface area contributed by atoms with E-state index in [1.165, 1.54) is 19.1 Å². The van der Waals surface area contributed by atoms with Gasteiger partial charge in [-0.3, -0.25) is 33.6 Å². The van der Waals surface area contributed by atoms with Gasteiger partial charge in [-0.25, -0.2) is 4.79 Å². The van der Waals surface area contributed by atoms with Crippen LogP contribution in [-0.4, -0.2) is 110 Å². The van der Waals surface area contributed by atoms with Crippen LogP contribution in [0.2, 0.25) is 0 Å². The first-order valence-electron chi connectivity index (χ1n) is 21.8. The number of carboxylic acids is 2. The molecule has 12 N–H and O–H groups in total. The number of hydrogen-bond donors (Lipinski definition) is 11. The molecule has 0 fully saturated rings. The second-order valence-corrected chi connectivity index (χ2v) is 16.2. The lowest BCUT2D eigenvalue weighted by molar-refractivity contribution is -0.143. The molecule has 0 aliphatic carbocycles. The first-order valence-corrected chi connectivity index (χ1v) is 21.8. The highest BCUT2D eigenvalue weighted by Gasteiger charge is 2.33. The predicted octanol–water partition coefficient (Wildman–Crippen LogP) is 1.69. The number of aromatic amines is 1. The molecule has 0 aliphatic heterocycles.